The Morgan fingerprint density at radius 3 is 3.00 bits per heavy atom. The van der Waals surface area contributed by atoms with Crippen LogP contribution in [0.3, 0.4) is 0 Å². The highest BCUT2D eigenvalue weighted by Crippen LogP contribution is 2.11. The number of hydrogen-bond donors (Lipinski definition) is 0. The molecule has 0 amide bonds. The van der Waals surface area contributed by atoms with Gasteiger partial charge >= 0.3 is 0 Å². The van der Waals surface area contributed by atoms with Crippen molar-refractivity contribution in [1.29, 1.82) is 0 Å². The van der Waals surface area contributed by atoms with E-state index in [1.165, 1.54) is 0 Å². The molecule has 0 aromatic rings. The van der Waals surface area contributed by atoms with Gasteiger partial charge < -0.3 is 9.57 Å². The molecule has 0 bridgehead atoms. The molecule has 1 rings (SSSR count). The molecule has 3 nitrogen and oxygen atoms in total. The number of terminal acetylenes is 1. The highest BCUT2D eigenvalue weighted by molar-refractivity contribution is 5.59. The fourth-order valence-corrected chi connectivity index (χ4v) is 1.07. The Kier molecular flexibility index (Phi) is 4.25. The van der Waals surface area contributed by atoms with E-state index in [2.05, 4.69) is 11.1 Å². The molecule has 0 saturated carbocycles. The third-order valence-electron chi connectivity index (χ3n) is 1.76. The van der Waals surface area contributed by atoms with Crippen molar-refractivity contribution in [2.75, 3.05) is 19.8 Å². The summed E-state index contributed by atoms with van der Waals surface area (Å²) in [5.74, 6) is 2.84. The molecule has 12 heavy (non-hydrogen) atoms. The van der Waals surface area contributed by atoms with E-state index in [0.29, 0.717) is 5.92 Å². The van der Waals surface area contributed by atoms with Gasteiger partial charge in [0, 0.05) is 25.3 Å². The van der Waals surface area contributed by atoms with Crippen LogP contribution in [0.15, 0.2) is 5.16 Å². The average Bonchev–Trinajstić information content (AvgIpc) is 2.14. The average molecular weight is 167 g/mol. The molecule has 0 aromatic heterocycles. The van der Waals surface area contributed by atoms with Crippen LogP contribution >= 0.6 is 0 Å². The van der Waals surface area contributed by atoms with Crippen molar-refractivity contribution in [3.8, 4) is 12.3 Å². The molecule has 0 spiro atoms. The molecule has 1 fully saturated rings. The topological polar surface area (TPSA) is 30.8 Å². The molecule has 0 aliphatic carbocycles. The van der Waals surface area contributed by atoms with Crippen LogP contribution in [-0.2, 0) is 9.57 Å². The monoisotopic (exact) mass is 167 g/mol. The maximum atomic E-state index is 5.19. The lowest BCUT2D eigenvalue weighted by atomic mass is 10.0. The van der Waals surface area contributed by atoms with E-state index in [1.807, 2.05) is 6.21 Å². The van der Waals surface area contributed by atoms with E-state index in [9.17, 15) is 0 Å². The van der Waals surface area contributed by atoms with E-state index in [4.69, 9.17) is 16.0 Å². The molecule has 66 valence electrons. The Morgan fingerprint density at radius 1 is 1.58 bits per heavy atom. The SMILES string of the molecule is C#CCO/N=C/C1CCOCC1. The van der Waals surface area contributed by atoms with E-state index >= 15 is 0 Å². The predicted molar refractivity (Wildman–Crippen MR) is 46.8 cm³/mol. The number of ether oxygens (including phenoxy) is 1. The minimum Gasteiger partial charge on any atom is -0.383 e. The normalized spacial score (nSPS) is 19.2. The maximum Gasteiger partial charge on any atom is 0.177 e. The first-order valence-corrected chi connectivity index (χ1v) is 4.10. The fraction of sp³-hybridized carbons (Fsp3) is 0.667. The Balaban J connectivity index is 2.12. The standard InChI is InChI=1S/C9H13NO2/c1-2-5-12-10-8-9-3-6-11-7-4-9/h1,8-9H,3-7H2/b10-8+. The van der Waals surface area contributed by atoms with Crippen LogP contribution in [0.4, 0.5) is 0 Å². The third kappa shape index (κ3) is 3.40. The van der Waals surface area contributed by atoms with Gasteiger partial charge in [0.1, 0.15) is 0 Å². The third-order valence-corrected chi connectivity index (χ3v) is 1.76. The lowest BCUT2D eigenvalue weighted by molar-refractivity contribution is 0.0823. The molecule has 0 radical (unpaired) electrons. The molecule has 1 aliphatic rings. The molecule has 0 aromatic carbocycles. The largest absolute Gasteiger partial charge is 0.383 e. The highest BCUT2D eigenvalue weighted by atomic mass is 16.6. The summed E-state index contributed by atoms with van der Waals surface area (Å²) in [5, 5.41) is 3.76. The van der Waals surface area contributed by atoms with Gasteiger partial charge in [-0.2, -0.15) is 0 Å². The van der Waals surface area contributed by atoms with Gasteiger partial charge in [-0.1, -0.05) is 11.1 Å². The zero-order chi connectivity index (χ0) is 8.65. The van der Waals surface area contributed by atoms with Gasteiger partial charge in [0.25, 0.3) is 0 Å². The summed E-state index contributed by atoms with van der Waals surface area (Å²) in [7, 11) is 0. The maximum absolute atomic E-state index is 5.19. The Morgan fingerprint density at radius 2 is 2.33 bits per heavy atom. The first-order chi connectivity index (χ1) is 5.93. The van der Waals surface area contributed by atoms with Crippen molar-refractivity contribution >= 4 is 6.21 Å². The number of nitrogens with zero attached hydrogens (tertiary/aromatic N) is 1. The van der Waals surface area contributed by atoms with Gasteiger partial charge in [0.2, 0.25) is 0 Å². The van der Waals surface area contributed by atoms with Gasteiger partial charge in [0.05, 0.1) is 0 Å². The van der Waals surface area contributed by atoms with Crippen molar-refractivity contribution in [2.45, 2.75) is 12.8 Å². The summed E-state index contributed by atoms with van der Waals surface area (Å²) < 4.78 is 5.19. The van der Waals surface area contributed by atoms with Gasteiger partial charge in [-0.3, -0.25) is 0 Å². The zero-order valence-electron chi connectivity index (χ0n) is 7.03. The summed E-state index contributed by atoms with van der Waals surface area (Å²) in [6.45, 7) is 1.90. The second-order valence-electron chi connectivity index (χ2n) is 2.68. The van der Waals surface area contributed by atoms with Crippen molar-refractivity contribution in [1.82, 2.24) is 0 Å². The quantitative estimate of drug-likeness (QED) is 0.272. The molecule has 1 aliphatic heterocycles. The summed E-state index contributed by atoms with van der Waals surface area (Å²) in [4.78, 5) is 4.78. The van der Waals surface area contributed by atoms with E-state index in [-0.39, 0.29) is 6.61 Å². The summed E-state index contributed by atoms with van der Waals surface area (Å²) >= 11 is 0. The van der Waals surface area contributed by atoms with Crippen LogP contribution in [0.1, 0.15) is 12.8 Å². The molecule has 0 atom stereocenters. The number of hydrogen-bond acceptors (Lipinski definition) is 3. The van der Waals surface area contributed by atoms with Crippen molar-refractivity contribution in [2.24, 2.45) is 11.1 Å². The molecule has 0 unspecified atom stereocenters. The predicted octanol–water partition coefficient (Wildman–Crippen LogP) is 1.05. The van der Waals surface area contributed by atoms with Crippen LogP contribution in [0.25, 0.3) is 0 Å². The van der Waals surface area contributed by atoms with Gasteiger partial charge in [-0.25, -0.2) is 0 Å². The second kappa shape index (κ2) is 5.62. The molecular formula is C9H13NO2. The van der Waals surface area contributed by atoms with E-state index in [1.54, 1.807) is 0 Å². The summed E-state index contributed by atoms with van der Waals surface area (Å²) in [5.41, 5.74) is 0. The molecule has 0 N–H and O–H groups in total. The molecule has 1 heterocycles. The van der Waals surface area contributed by atoms with E-state index < -0.39 is 0 Å². The summed E-state index contributed by atoms with van der Waals surface area (Å²) in [6.07, 6.45) is 8.86. The smallest absolute Gasteiger partial charge is 0.177 e. The second-order valence-corrected chi connectivity index (χ2v) is 2.68. The lowest BCUT2D eigenvalue weighted by Gasteiger charge is -2.17. The van der Waals surface area contributed by atoms with Crippen LogP contribution in [0.2, 0.25) is 0 Å². The number of rotatable bonds is 3. The van der Waals surface area contributed by atoms with Gasteiger partial charge in [0.15, 0.2) is 6.61 Å². The lowest BCUT2D eigenvalue weighted by Crippen LogP contribution is -2.16. The van der Waals surface area contributed by atoms with Crippen LogP contribution in [-0.4, -0.2) is 26.0 Å². The van der Waals surface area contributed by atoms with Gasteiger partial charge in [-0.05, 0) is 12.8 Å². The fourth-order valence-electron chi connectivity index (χ4n) is 1.07. The highest BCUT2D eigenvalue weighted by Gasteiger charge is 2.10. The van der Waals surface area contributed by atoms with Crippen molar-refractivity contribution in [3.63, 3.8) is 0 Å². The zero-order valence-corrected chi connectivity index (χ0v) is 7.03. The first kappa shape index (κ1) is 9.08. The minimum absolute atomic E-state index is 0.250. The van der Waals surface area contributed by atoms with Crippen LogP contribution in [0, 0.1) is 18.3 Å². The Bertz CT molecular complexity index is 177. The number of oxime groups is 1. The summed E-state index contributed by atoms with van der Waals surface area (Å²) in [6, 6.07) is 0. The molecule has 3 heteroatoms. The Hall–Kier alpha value is -1.01. The Labute approximate surface area is 72.7 Å². The van der Waals surface area contributed by atoms with E-state index in [0.717, 1.165) is 26.1 Å². The van der Waals surface area contributed by atoms with Crippen LogP contribution in [0.5, 0.6) is 0 Å². The first-order valence-electron chi connectivity index (χ1n) is 4.10. The van der Waals surface area contributed by atoms with Crippen molar-refractivity contribution in [3.05, 3.63) is 0 Å². The minimum atomic E-state index is 0.250. The molecule has 1 saturated heterocycles. The van der Waals surface area contributed by atoms with Gasteiger partial charge in [-0.15, -0.1) is 6.42 Å². The van der Waals surface area contributed by atoms with Crippen LogP contribution < -0.4 is 0 Å². The molecular weight excluding hydrogens is 154 g/mol. The van der Waals surface area contributed by atoms with Crippen molar-refractivity contribution < 1.29 is 9.57 Å².